The van der Waals surface area contributed by atoms with E-state index in [0.29, 0.717) is 0 Å². The molecule has 0 spiro atoms. The first-order valence-corrected chi connectivity index (χ1v) is 7.87. The Kier molecular flexibility index (Phi) is 6.10. The molecule has 20 heavy (non-hydrogen) atoms. The molecule has 0 aliphatic rings. The van der Waals surface area contributed by atoms with Crippen LogP contribution in [0.2, 0.25) is 0 Å². The lowest BCUT2D eigenvalue weighted by atomic mass is 11.4. The minimum Gasteiger partial charge on any atom is -0.234 e. The average molecular weight is 376 g/mol. The lowest BCUT2D eigenvalue weighted by molar-refractivity contribution is -0.440. The van der Waals surface area contributed by atoms with Gasteiger partial charge in [-0.1, -0.05) is 0 Å². The lowest BCUT2D eigenvalue weighted by Crippen LogP contribution is -2.38. The van der Waals surface area contributed by atoms with Gasteiger partial charge in [-0.3, -0.25) is 0 Å². The quantitative estimate of drug-likeness (QED) is 0.302. The normalized spacial score (nSPS) is 16.1. The van der Waals surface area contributed by atoms with Crippen molar-refractivity contribution >= 4 is 31.7 Å². The molecule has 1 unspecified atom stereocenters. The molecule has 0 aliphatic carbocycles. The van der Waals surface area contributed by atoms with Gasteiger partial charge >= 0.3 is 11.9 Å². The Labute approximate surface area is 111 Å². The fraction of sp³-hybridized carbons (Fsp3) is 1.00. The Morgan fingerprint density at radius 2 is 1.45 bits per heavy atom. The molecule has 0 amide bonds. The molecule has 0 radical (unpaired) electrons. The second-order valence-corrected chi connectivity index (χ2v) is 8.48. The van der Waals surface area contributed by atoms with E-state index in [-0.39, 0.29) is 0 Å². The monoisotopic (exact) mass is 376 g/mol. The molecule has 0 saturated heterocycles. The third kappa shape index (κ3) is 5.23. The van der Waals surface area contributed by atoms with Crippen LogP contribution in [0.1, 0.15) is 0 Å². The van der Waals surface area contributed by atoms with E-state index in [2.05, 4.69) is 9.22 Å². The van der Waals surface area contributed by atoms with Crippen LogP contribution in [0.15, 0.2) is 0 Å². The van der Waals surface area contributed by atoms with E-state index in [9.17, 15) is 47.6 Å². The van der Waals surface area contributed by atoms with Crippen molar-refractivity contribution in [2.24, 2.45) is 0 Å². The maximum absolute atomic E-state index is 12.1. The molecule has 16 heteroatoms. The fourth-order valence-corrected chi connectivity index (χ4v) is 4.65. The smallest absolute Gasteiger partial charge is 0.234 e. The molecule has 6 nitrogen and oxygen atoms in total. The van der Waals surface area contributed by atoms with Crippen LogP contribution >= 0.6 is 12.0 Å². The summed E-state index contributed by atoms with van der Waals surface area (Å²) in [6.45, 7) is 0. The summed E-state index contributed by atoms with van der Waals surface area (Å²) >= 11 is -1.36. The Morgan fingerprint density at radius 3 is 1.75 bits per heavy atom. The van der Waals surface area contributed by atoms with Crippen molar-refractivity contribution in [3.8, 4) is 0 Å². The van der Waals surface area contributed by atoms with Crippen molar-refractivity contribution < 1.29 is 56.8 Å². The zero-order valence-corrected chi connectivity index (χ0v) is 11.1. The van der Waals surface area contributed by atoms with Gasteiger partial charge in [-0.05, 0) is 0 Å². The zero-order valence-electron chi connectivity index (χ0n) is 8.60. The standard InChI is InChI=1S/C4H3F7O6S3/c5-1-19(12,13)2(18-17-16-3(6,7)8)20(14,15)4(9,10)11/h2H,1H2. The highest BCUT2D eigenvalue weighted by Crippen LogP contribution is 2.37. The molecular weight excluding hydrogens is 373 g/mol. The predicted octanol–water partition coefficient (Wildman–Crippen LogP) is 1.66. The van der Waals surface area contributed by atoms with Gasteiger partial charge in [0.2, 0.25) is 13.8 Å². The summed E-state index contributed by atoms with van der Waals surface area (Å²) in [5.41, 5.74) is -6.16. The van der Waals surface area contributed by atoms with E-state index in [1.54, 1.807) is 0 Å². The Balaban J connectivity index is 5.36. The van der Waals surface area contributed by atoms with Gasteiger partial charge < -0.3 is 0 Å². The van der Waals surface area contributed by atoms with Crippen molar-refractivity contribution in [2.75, 3.05) is 6.01 Å². The molecule has 0 aromatic heterocycles. The van der Waals surface area contributed by atoms with E-state index < -0.39 is 53.5 Å². The van der Waals surface area contributed by atoms with Gasteiger partial charge in [0.05, 0.1) is 12.0 Å². The van der Waals surface area contributed by atoms with Crippen molar-refractivity contribution in [1.82, 2.24) is 0 Å². The van der Waals surface area contributed by atoms with Crippen LogP contribution < -0.4 is 0 Å². The molecule has 1 atom stereocenters. The molecule has 0 heterocycles. The summed E-state index contributed by atoms with van der Waals surface area (Å²) < 4.78 is 125. The number of hydrogen-bond acceptors (Lipinski definition) is 7. The van der Waals surface area contributed by atoms with Crippen molar-refractivity contribution in [3.05, 3.63) is 0 Å². The molecular formula is C4H3F7O6S3. The third-order valence-electron chi connectivity index (χ3n) is 1.27. The van der Waals surface area contributed by atoms with E-state index >= 15 is 0 Å². The summed E-state index contributed by atoms with van der Waals surface area (Å²) in [5.74, 6) is 0. The Hall–Kier alpha value is -0.320. The Morgan fingerprint density at radius 1 is 1.00 bits per heavy atom. The highest BCUT2D eigenvalue weighted by Gasteiger charge is 2.57. The van der Waals surface area contributed by atoms with E-state index in [1.807, 2.05) is 0 Å². The van der Waals surface area contributed by atoms with Crippen molar-refractivity contribution in [1.29, 1.82) is 0 Å². The minimum atomic E-state index is -6.56. The molecule has 122 valence electrons. The second-order valence-electron chi connectivity index (χ2n) is 2.74. The van der Waals surface area contributed by atoms with Gasteiger partial charge in [-0.2, -0.15) is 17.5 Å². The maximum atomic E-state index is 12.1. The molecule has 0 aromatic rings. The van der Waals surface area contributed by atoms with E-state index in [0.717, 1.165) is 0 Å². The molecule has 0 bridgehead atoms. The molecule has 0 rings (SSSR count). The SMILES string of the molecule is O=S(=O)(CF)C(SOOC(F)(F)F)S(=O)(=O)C(F)(F)F. The first-order valence-electron chi connectivity index (χ1n) is 3.81. The van der Waals surface area contributed by atoms with Crippen molar-refractivity contribution in [3.63, 3.8) is 0 Å². The summed E-state index contributed by atoms with van der Waals surface area (Å²) in [6, 6.07) is -2.57. The zero-order chi connectivity index (χ0) is 16.4. The van der Waals surface area contributed by atoms with Crippen LogP contribution in [0.4, 0.5) is 30.7 Å². The number of sulfone groups is 2. The maximum Gasteiger partial charge on any atom is 0.550 e. The minimum absolute atomic E-state index is 1.36. The summed E-state index contributed by atoms with van der Waals surface area (Å²) in [4.78, 5) is 2.45. The van der Waals surface area contributed by atoms with Gasteiger partial charge in [0.1, 0.15) is 0 Å². The average Bonchev–Trinajstić information content (AvgIpc) is 2.20. The van der Waals surface area contributed by atoms with Gasteiger partial charge in [0.25, 0.3) is 9.84 Å². The highest BCUT2D eigenvalue weighted by molar-refractivity contribution is 8.25. The van der Waals surface area contributed by atoms with E-state index in [4.69, 9.17) is 0 Å². The lowest BCUT2D eigenvalue weighted by Gasteiger charge is -2.16. The first-order chi connectivity index (χ1) is 8.65. The van der Waals surface area contributed by atoms with Crippen LogP contribution in [0.3, 0.4) is 0 Å². The molecule has 0 fully saturated rings. The second kappa shape index (κ2) is 6.20. The third-order valence-corrected chi connectivity index (χ3v) is 7.36. The number of alkyl halides is 7. The number of rotatable bonds is 6. The van der Waals surface area contributed by atoms with Gasteiger partial charge in [-0.15, -0.1) is 18.1 Å². The largest absolute Gasteiger partial charge is 0.550 e. The fourth-order valence-electron chi connectivity index (χ4n) is 0.555. The molecule has 0 saturated carbocycles. The van der Waals surface area contributed by atoms with Crippen LogP contribution in [-0.2, 0) is 28.9 Å². The molecule has 0 N–H and O–H groups in total. The predicted molar refractivity (Wildman–Crippen MR) is 49.5 cm³/mol. The first kappa shape index (κ1) is 19.7. The van der Waals surface area contributed by atoms with E-state index in [1.165, 1.54) is 0 Å². The van der Waals surface area contributed by atoms with Crippen LogP contribution in [0.5, 0.6) is 0 Å². The summed E-state index contributed by atoms with van der Waals surface area (Å²) in [6.07, 6.45) is -5.54. The molecule has 0 aromatic carbocycles. The summed E-state index contributed by atoms with van der Waals surface area (Å²) in [7, 11) is -12.2. The topological polar surface area (TPSA) is 86.7 Å². The highest BCUT2D eigenvalue weighted by atomic mass is 32.3. The molecule has 0 aliphatic heterocycles. The number of halogens is 7. The van der Waals surface area contributed by atoms with Crippen LogP contribution in [-0.4, -0.2) is 38.6 Å². The van der Waals surface area contributed by atoms with Gasteiger partial charge in [0, 0.05) is 0 Å². The summed E-state index contributed by atoms with van der Waals surface area (Å²) in [5, 5.41) is 0. The van der Waals surface area contributed by atoms with Gasteiger partial charge in [0.15, 0.2) is 6.01 Å². The van der Waals surface area contributed by atoms with Crippen molar-refractivity contribution in [2.45, 2.75) is 15.8 Å². The van der Waals surface area contributed by atoms with Crippen LogP contribution in [0.25, 0.3) is 0 Å². The van der Waals surface area contributed by atoms with Gasteiger partial charge in [-0.25, -0.2) is 21.2 Å². The van der Waals surface area contributed by atoms with Crippen LogP contribution in [0, 0.1) is 0 Å². The number of hydrogen-bond donors (Lipinski definition) is 0. The Bertz CT molecular complexity index is 518.